The molecule has 0 unspecified atom stereocenters. The van der Waals surface area contributed by atoms with E-state index < -0.39 is 4.92 Å². The van der Waals surface area contributed by atoms with Crippen LogP contribution in [0.1, 0.15) is 24.2 Å². The maximum absolute atomic E-state index is 11.4. The molecular formula is C11H14N2O4. The number of Topliss-reactive ketones (excluding diaryl/α,β-unsaturated/α-hetero) is 1. The van der Waals surface area contributed by atoms with E-state index in [1.54, 1.807) is 14.0 Å². The molecule has 92 valence electrons. The van der Waals surface area contributed by atoms with Crippen LogP contribution in [-0.4, -0.2) is 24.4 Å². The van der Waals surface area contributed by atoms with Crippen molar-refractivity contribution >= 4 is 17.2 Å². The molecule has 0 spiro atoms. The molecule has 0 radical (unpaired) electrons. The first-order valence-electron chi connectivity index (χ1n) is 5.15. The third-order valence-corrected chi connectivity index (χ3v) is 2.24. The van der Waals surface area contributed by atoms with Crippen molar-refractivity contribution in [2.24, 2.45) is 0 Å². The van der Waals surface area contributed by atoms with Gasteiger partial charge in [-0.05, 0) is 13.8 Å². The lowest BCUT2D eigenvalue weighted by atomic mass is 10.1. The summed E-state index contributed by atoms with van der Waals surface area (Å²) in [5.41, 5.74) is 0.405. The van der Waals surface area contributed by atoms with Gasteiger partial charge in [-0.15, -0.1) is 0 Å². The molecule has 1 aromatic carbocycles. The van der Waals surface area contributed by atoms with E-state index in [9.17, 15) is 14.9 Å². The molecule has 17 heavy (non-hydrogen) atoms. The summed E-state index contributed by atoms with van der Waals surface area (Å²) < 4.78 is 5.29. The van der Waals surface area contributed by atoms with Gasteiger partial charge in [-0.1, -0.05) is 0 Å². The van der Waals surface area contributed by atoms with E-state index in [-0.39, 0.29) is 17.0 Å². The molecule has 0 fully saturated rings. The zero-order chi connectivity index (χ0) is 13.0. The van der Waals surface area contributed by atoms with Gasteiger partial charge in [-0.2, -0.15) is 0 Å². The minimum atomic E-state index is -0.534. The smallest absolute Gasteiger partial charge is 0.293 e. The predicted octanol–water partition coefficient (Wildman–Crippen LogP) is 2.24. The number of carbonyl (C=O) groups excluding carboxylic acids is 1. The van der Waals surface area contributed by atoms with Gasteiger partial charge in [0, 0.05) is 19.2 Å². The molecule has 0 saturated heterocycles. The van der Waals surface area contributed by atoms with Crippen LogP contribution in [0.4, 0.5) is 11.4 Å². The molecule has 1 rings (SSSR count). The van der Waals surface area contributed by atoms with Crippen LogP contribution >= 0.6 is 0 Å². The Kier molecular flexibility index (Phi) is 4.03. The van der Waals surface area contributed by atoms with Crippen LogP contribution in [0.25, 0.3) is 0 Å². The van der Waals surface area contributed by atoms with Gasteiger partial charge < -0.3 is 10.1 Å². The lowest BCUT2D eigenvalue weighted by Gasteiger charge is -2.10. The third kappa shape index (κ3) is 2.72. The van der Waals surface area contributed by atoms with Crippen molar-refractivity contribution in [3.8, 4) is 5.75 Å². The summed E-state index contributed by atoms with van der Waals surface area (Å²) in [5, 5.41) is 13.5. The van der Waals surface area contributed by atoms with Crippen molar-refractivity contribution in [2.45, 2.75) is 13.8 Å². The number of ether oxygens (including phenoxy) is 1. The molecule has 1 N–H and O–H groups in total. The number of anilines is 1. The van der Waals surface area contributed by atoms with Crippen molar-refractivity contribution in [1.82, 2.24) is 0 Å². The highest BCUT2D eigenvalue weighted by Crippen LogP contribution is 2.32. The molecule has 0 aliphatic carbocycles. The minimum absolute atomic E-state index is 0.138. The Bertz CT molecular complexity index is 457. The summed E-state index contributed by atoms with van der Waals surface area (Å²) in [7, 11) is 1.57. The topological polar surface area (TPSA) is 81.5 Å². The average Bonchev–Trinajstić information content (AvgIpc) is 2.28. The molecule has 6 heteroatoms. The van der Waals surface area contributed by atoms with E-state index in [0.717, 1.165) is 0 Å². The Balaban J connectivity index is 3.41. The first-order valence-corrected chi connectivity index (χ1v) is 5.15. The van der Waals surface area contributed by atoms with Crippen molar-refractivity contribution in [1.29, 1.82) is 0 Å². The fourth-order valence-electron chi connectivity index (χ4n) is 1.47. The molecule has 0 aliphatic rings. The van der Waals surface area contributed by atoms with Crippen molar-refractivity contribution in [3.05, 3.63) is 27.8 Å². The Labute approximate surface area is 98.7 Å². The highest BCUT2D eigenvalue weighted by atomic mass is 16.6. The van der Waals surface area contributed by atoms with Crippen molar-refractivity contribution in [3.63, 3.8) is 0 Å². The predicted molar refractivity (Wildman–Crippen MR) is 63.8 cm³/mol. The van der Waals surface area contributed by atoms with Crippen LogP contribution in [0.3, 0.4) is 0 Å². The van der Waals surface area contributed by atoms with Crippen LogP contribution in [0.5, 0.6) is 5.75 Å². The van der Waals surface area contributed by atoms with Gasteiger partial charge in [0.1, 0.15) is 11.4 Å². The summed E-state index contributed by atoms with van der Waals surface area (Å²) in [4.78, 5) is 21.7. The van der Waals surface area contributed by atoms with Gasteiger partial charge in [-0.25, -0.2) is 0 Å². The van der Waals surface area contributed by atoms with Gasteiger partial charge in [0.05, 0.1) is 17.1 Å². The summed E-state index contributed by atoms with van der Waals surface area (Å²) in [6.45, 7) is 3.52. The number of nitrogens with one attached hydrogen (secondary N) is 1. The Morgan fingerprint density at radius 1 is 1.53 bits per heavy atom. The average molecular weight is 238 g/mol. The van der Waals surface area contributed by atoms with Crippen LogP contribution < -0.4 is 10.1 Å². The van der Waals surface area contributed by atoms with Crippen LogP contribution in [0.2, 0.25) is 0 Å². The number of ketones is 1. The number of carbonyl (C=O) groups is 1. The van der Waals surface area contributed by atoms with E-state index in [0.29, 0.717) is 18.0 Å². The number of nitro benzene ring substituents is 1. The first kappa shape index (κ1) is 13.0. The third-order valence-electron chi connectivity index (χ3n) is 2.24. The monoisotopic (exact) mass is 238 g/mol. The molecule has 0 aliphatic heterocycles. The fraction of sp³-hybridized carbons (Fsp3) is 0.364. The zero-order valence-corrected chi connectivity index (χ0v) is 9.94. The molecule has 0 amide bonds. The number of nitro groups is 1. The molecule has 0 heterocycles. The Morgan fingerprint density at radius 2 is 2.18 bits per heavy atom. The maximum Gasteiger partial charge on any atom is 0.293 e. The van der Waals surface area contributed by atoms with Crippen molar-refractivity contribution in [2.75, 3.05) is 19.0 Å². The zero-order valence-electron chi connectivity index (χ0n) is 9.94. The number of hydrogen-bond acceptors (Lipinski definition) is 5. The van der Waals surface area contributed by atoms with E-state index >= 15 is 0 Å². The Morgan fingerprint density at radius 3 is 2.59 bits per heavy atom. The van der Waals surface area contributed by atoms with Gasteiger partial charge in [0.2, 0.25) is 0 Å². The highest BCUT2D eigenvalue weighted by molar-refractivity contribution is 5.98. The Hall–Kier alpha value is -2.11. The highest BCUT2D eigenvalue weighted by Gasteiger charge is 2.20. The lowest BCUT2D eigenvalue weighted by molar-refractivity contribution is -0.384. The molecule has 0 aromatic heterocycles. The molecular weight excluding hydrogens is 224 g/mol. The largest absolute Gasteiger partial charge is 0.493 e. The molecule has 0 atom stereocenters. The van der Waals surface area contributed by atoms with E-state index in [1.165, 1.54) is 19.1 Å². The van der Waals surface area contributed by atoms with Gasteiger partial charge in [0.25, 0.3) is 5.69 Å². The van der Waals surface area contributed by atoms with E-state index in [4.69, 9.17) is 4.74 Å². The fourth-order valence-corrected chi connectivity index (χ4v) is 1.47. The van der Waals surface area contributed by atoms with Crippen LogP contribution in [0, 0.1) is 10.1 Å². The molecule has 6 nitrogen and oxygen atoms in total. The van der Waals surface area contributed by atoms with E-state index in [1.807, 2.05) is 0 Å². The minimum Gasteiger partial charge on any atom is -0.493 e. The normalized spacial score (nSPS) is 9.82. The van der Waals surface area contributed by atoms with Crippen LogP contribution in [0.15, 0.2) is 12.1 Å². The number of nitrogens with zero attached hydrogens (tertiary/aromatic N) is 1. The summed E-state index contributed by atoms with van der Waals surface area (Å²) in [6.07, 6.45) is 0. The van der Waals surface area contributed by atoms with Gasteiger partial charge in [-0.3, -0.25) is 14.9 Å². The standard InChI is InChI=1S/C11H14N2O4/c1-4-17-11-6-9(12-3)10(13(15)16)5-8(11)7(2)14/h5-6,12H,4H2,1-3H3. The SMILES string of the molecule is CCOc1cc(NC)c([N+](=O)[O-])cc1C(C)=O. The van der Waals surface area contributed by atoms with Crippen LogP contribution in [-0.2, 0) is 0 Å². The second-order valence-electron chi connectivity index (χ2n) is 3.36. The first-order chi connectivity index (χ1) is 8.01. The van der Waals surface area contributed by atoms with E-state index in [2.05, 4.69) is 5.32 Å². The second kappa shape index (κ2) is 5.29. The van der Waals surface area contributed by atoms with Gasteiger partial charge in [0.15, 0.2) is 5.78 Å². The molecule has 1 aromatic rings. The molecule has 0 saturated carbocycles. The van der Waals surface area contributed by atoms with Crippen molar-refractivity contribution < 1.29 is 14.5 Å². The summed E-state index contributed by atoms with van der Waals surface area (Å²) in [5.74, 6) is 0.0918. The quantitative estimate of drug-likeness (QED) is 0.483. The lowest BCUT2D eigenvalue weighted by Crippen LogP contribution is -2.04. The second-order valence-corrected chi connectivity index (χ2v) is 3.36. The molecule has 0 bridgehead atoms. The maximum atomic E-state index is 11.4. The summed E-state index contributed by atoms with van der Waals surface area (Å²) >= 11 is 0. The summed E-state index contributed by atoms with van der Waals surface area (Å²) in [6, 6.07) is 2.71. The number of hydrogen-bond donors (Lipinski definition) is 1. The number of benzene rings is 1. The van der Waals surface area contributed by atoms with Gasteiger partial charge >= 0.3 is 0 Å². The number of rotatable bonds is 5.